The number of allylic oxidation sites excluding steroid dienone is 2. The highest BCUT2D eigenvalue weighted by Crippen LogP contribution is 2.31. The minimum absolute atomic E-state index is 0.268. The second-order valence-electron chi connectivity index (χ2n) is 8.37. The Kier molecular flexibility index (Phi) is 5.33. The van der Waals surface area contributed by atoms with Gasteiger partial charge in [0.2, 0.25) is 0 Å². The van der Waals surface area contributed by atoms with E-state index in [0.29, 0.717) is 18.1 Å². The van der Waals surface area contributed by atoms with Crippen LogP contribution in [0.4, 0.5) is 4.79 Å². The Balaban J connectivity index is 1.45. The predicted octanol–water partition coefficient (Wildman–Crippen LogP) is 3.75. The fourth-order valence-electron chi connectivity index (χ4n) is 4.15. The lowest BCUT2D eigenvalue weighted by atomic mass is 9.85. The number of rotatable bonds is 5. The molecule has 0 bridgehead atoms. The molecule has 2 aromatic rings. The van der Waals surface area contributed by atoms with E-state index < -0.39 is 23.4 Å². The second kappa shape index (κ2) is 7.94. The summed E-state index contributed by atoms with van der Waals surface area (Å²) in [5.41, 5.74) is -0.539. The van der Waals surface area contributed by atoms with Crippen LogP contribution in [0.3, 0.4) is 0 Å². The average molecular weight is 406 g/mol. The number of urea groups is 1. The Hall–Kier alpha value is -3.15. The molecule has 6 heteroatoms. The third-order valence-corrected chi connectivity index (χ3v) is 6.27. The van der Waals surface area contributed by atoms with Crippen molar-refractivity contribution in [3.8, 4) is 0 Å². The molecule has 156 valence electrons. The molecule has 3 atom stereocenters. The smallest absolute Gasteiger partial charge is 0.326 e. The number of esters is 1. The molecule has 3 unspecified atom stereocenters. The Morgan fingerprint density at radius 1 is 1.13 bits per heavy atom. The van der Waals surface area contributed by atoms with Gasteiger partial charge in [-0.25, -0.2) is 4.79 Å². The van der Waals surface area contributed by atoms with E-state index in [1.165, 1.54) is 0 Å². The molecule has 0 aromatic heterocycles. The van der Waals surface area contributed by atoms with Gasteiger partial charge in [0.05, 0.1) is 6.61 Å². The Morgan fingerprint density at radius 3 is 2.63 bits per heavy atom. The third-order valence-electron chi connectivity index (χ3n) is 6.27. The van der Waals surface area contributed by atoms with Crippen LogP contribution in [0.5, 0.6) is 0 Å². The fourth-order valence-corrected chi connectivity index (χ4v) is 4.15. The molecule has 1 aliphatic heterocycles. The van der Waals surface area contributed by atoms with E-state index >= 15 is 0 Å². The molecule has 0 spiro atoms. The number of benzene rings is 2. The van der Waals surface area contributed by atoms with Gasteiger partial charge in [0.15, 0.2) is 0 Å². The maximum Gasteiger partial charge on any atom is 0.326 e. The van der Waals surface area contributed by atoms with Crippen molar-refractivity contribution < 1.29 is 19.1 Å². The molecule has 3 amide bonds. The SMILES string of the molecule is CC1CC=CCC1COC(=O)CN1C(=O)NC(C)(c2ccc3ccccc3c2)C1=O. The number of nitrogens with one attached hydrogen (secondary N) is 1. The van der Waals surface area contributed by atoms with Gasteiger partial charge in [-0.3, -0.25) is 14.5 Å². The topological polar surface area (TPSA) is 75.7 Å². The number of nitrogens with zero attached hydrogens (tertiary/aromatic N) is 1. The van der Waals surface area contributed by atoms with Gasteiger partial charge in [-0.1, -0.05) is 55.5 Å². The zero-order valence-electron chi connectivity index (χ0n) is 17.3. The molecule has 1 heterocycles. The van der Waals surface area contributed by atoms with Crippen molar-refractivity contribution in [2.45, 2.75) is 32.2 Å². The van der Waals surface area contributed by atoms with Gasteiger partial charge in [-0.15, -0.1) is 0 Å². The maximum atomic E-state index is 13.1. The molecule has 0 radical (unpaired) electrons. The monoisotopic (exact) mass is 406 g/mol. The lowest BCUT2D eigenvalue weighted by Gasteiger charge is -2.25. The van der Waals surface area contributed by atoms with Crippen molar-refractivity contribution >= 4 is 28.7 Å². The van der Waals surface area contributed by atoms with Crippen LogP contribution in [0.25, 0.3) is 10.8 Å². The Labute approximate surface area is 175 Å². The summed E-state index contributed by atoms with van der Waals surface area (Å²) in [6.07, 6.45) is 6.09. The van der Waals surface area contributed by atoms with Gasteiger partial charge >= 0.3 is 12.0 Å². The summed E-state index contributed by atoms with van der Waals surface area (Å²) >= 11 is 0. The number of imide groups is 1. The van der Waals surface area contributed by atoms with Crippen LogP contribution in [0, 0.1) is 11.8 Å². The predicted molar refractivity (Wildman–Crippen MR) is 114 cm³/mol. The molecule has 1 saturated heterocycles. The molecular formula is C24H26N2O4. The Bertz CT molecular complexity index is 1030. The van der Waals surface area contributed by atoms with E-state index in [9.17, 15) is 14.4 Å². The van der Waals surface area contributed by atoms with Crippen LogP contribution in [0.1, 0.15) is 32.3 Å². The van der Waals surface area contributed by atoms with Gasteiger partial charge in [0.25, 0.3) is 5.91 Å². The summed E-state index contributed by atoms with van der Waals surface area (Å²) in [5.74, 6) is -0.308. The number of hydrogen-bond acceptors (Lipinski definition) is 4. The first-order chi connectivity index (χ1) is 14.4. The van der Waals surface area contributed by atoms with Gasteiger partial charge in [-0.05, 0) is 54.0 Å². The van der Waals surface area contributed by atoms with E-state index in [1.54, 1.807) is 6.92 Å². The first kappa shape index (κ1) is 20.1. The first-order valence-electron chi connectivity index (χ1n) is 10.3. The van der Waals surface area contributed by atoms with Crippen LogP contribution in [-0.4, -0.2) is 36.0 Å². The van der Waals surface area contributed by atoms with Crippen LogP contribution in [0.15, 0.2) is 54.6 Å². The quantitative estimate of drug-likeness (QED) is 0.466. The maximum absolute atomic E-state index is 13.1. The molecule has 2 aromatic carbocycles. The molecule has 4 rings (SSSR count). The van der Waals surface area contributed by atoms with E-state index in [2.05, 4.69) is 24.4 Å². The minimum Gasteiger partial charge on any atom is -0.464 e. The largest absolute Gasteiger partial charge is 0.464 e. The standard InChI is InChI=1S/C24H26N2O4/c1-16-7-3-4-10-19(16)15-30-21(27)14-26-22(28)24(2,25-23(26)29)20-12-11-17-8-5-6-9-18(17)13-20/h3-6,8-9,11-13,16,19H,7,10,14-15H2,1-2H3,(H,25,29). The third kappa shape index (κ3) is 3.70. The minimum atomic E-state index is -1.22. The van der Waals surface area contributed by atoms with E-state index in [-0.39, 0.29) is 12.5 Å². The first-order valence-corrected chi connectivity index (χ1v) is 10.3. The highest BCUT2D eigenvalue weighted by molar-refractivity contribution is 6.09. The zero-order chi connectivity index (χ0) is 21.3. The average Bonchev–Trinajstić information content (AvgIpc) is 2.96. The highest BCUT2D eigenvalue weighted by Gasteiger charge is 2.49. The van der Waals surface area contributed by atoms with Crippen molar-refractivity contribution in [1.82, 2.24) is 10.2 Å². The molecule has 6 nitrogen and oxygen atoms in total. The molecular weight excluding hydrogens is 380 g/mol. The lowest BCUT2D eigenvalue weighted by Crippen LogP contribution is -2.41. The van der Waals surface area contributed by atoms with Crippen molar-refractivity contribution in [2.75, 3.05) is 13.2 Å². The van der Waals surface area contributed by atoms with Gasteiger partial charge in [-0.2, -0.15) is 0 Å². The number of carbonyl (C=O) groups excluding carboxylic acids is 3. The molecule has 1 fully saturated rings. The van der Waals surface area contributed by atoms with Gasteiger partial charge in [0.1, 0.15) is 12.1 Å². The van der Waals surface area contributed by atoms with Gasteiger partial charge in [0, 0.05) is 0 Å². The van der Waals surface area contributed by atoms with E-state index in [4.69, 9.17) is 4.74 Å². The molecule has 1 aliphatic carbocycles. The number of hydrogen-bond donors (Lipinski definition) is 1. The summed E-state index contributed by atoms with van der Waals surface area (Å²) < 4.78 is 5.40. The van der Waals surface area contributed by atoms with Crippen LogP contribution in [-0.2, 0) is 19.9 Å². The normalized spacial score (nSPS) is 26.1. The van der Waals surface area contributed by atoms with E-state index in [0.717, 1.165) is 28.5 Å². The molecule has 2 aliphatic rings. The summed E-state index contributed by atoms with van der Waals surface area (Å²) in [6.45, 7) is 3.72. The molecule has 1 N–H and O–H groups in total. The molecule has 0 saturated carbocycles. The van der Waals surface area contributed by atoms with Crippen molar-refractivity contribution in [3.63, 3.8) is 0 Å². The van der Waals surface area contributed by atoms with Crippen LogP contribution < -0.4 is 5.32 Å². The molecule has 30 heavy (non-hydrogen) atoms. The van der Waals surface area contributed by atoms with Crippen molar-refractivity contribution in [1.29, 1.82) is 0 Å². The zero-order valence-corrected chi connectivity index (χ0v) is 17.3. The van der Waals surface area contributed by atoms with Gasteiger partial charge < -0.3 is 10.1 Å². The Morgan fingerprint density at radius 2 is 1.87 bits per heavy atom. The summed E-state index contributed by atoms with van der Waals surface area (Å²) in [7, 11) is 0. The lowest BCUT2D eigenvalue weighted by molar-refractivity contribution is -0.149. The number of amides is 3. The van der Waals surface area contributed by atoms with E-state index in [1.807, 2.05) is 42.5 Å². The van der Waals surface area contributed by atoms with Crippen LogP contribution in [0.2, 0.25) is 0 Å². The van der Waals surface area contributed by atoms with Crippen molar-refractivity contribution in [2.24, 2.45) is 11.8 Å². The van der Waals surface area contributed by atoms with Crippen LogP contribution >= 0.6 is 0 Å². The second-order valence-corrected chi connectivity index (χ2v) is 8.37. The van der Waals surface area contributed by atoms with Crippen molar-refractivity contribution in [3.05, 3.63) is 60.2 Å². The fraction of sp³-hybridized carbons (Fsp3) is 0.375. The number of ether oxygens (including phenoxy) is 1. The highest BCUT2D eigenvalue weighted by atomic mass is 16.5. The summed E-state index contributed by atoms with van der Waals surface area (Å²) in [6, 6.07) is 12.9. The summed E-state index contributed by atoms with van der Waals surface area (Å²) in [5, 5.41) is 4.78. The number of fused-ring (bicyclic) bond motifs is 1. The summed E-state index contributed by atoms with van der Waals surface area (Å²) in [4.78, 5) is 38.9. The number of carbonyl (C=O) groups is 3.